The van der Waals surface area contributed by atoms with Gasteiger partial charge in [0.2, 0.25) is 0 Å². The van der Waals surface area contributed by atoms with Gasteiger partial charge in [0.05, 0.1) is 18.0 Å². The Morgan fingerprint density at radius 1 is 1.33 bits per heavy atom. The molecule has 2 fully saturated rings. The summed E-state index contributed by atoms with van der Waals surface area (Å²) in [7, 11) is 0. The van der Waals surface area contributed by atoms with E-state index in [0.717, 1.165) is 25.3 Å². The van der Waals surface area contributed by atoms with Gasteiger partial charge in [-0.05, 0) is 25.7 Å². The Morgan fingerprint density at radius 3 is 2.94 bits per heavy atom. The molecule has 1 atom stereocenters. The van der Waals surface area contributed by atoms with Crippen molar-refractivity contribution in [2.24, 2.45) is 0 Å². The minimum absolute atomic E-state index is 0.127. The van der Waals surface area contributed by atoms with Crippen LogP contribution >= 0.6 is 11.6 Å². The van der Waals surface area contributed by atoms with Crippen LogP contribution in [0.4, 0.5) is 5.82 Å². The maximum absolute atomic E-state index is 6.02. The number of ether oxygens (including phenoxy) is 1. The van der Waals surface area contributed by atoms with E-state index < -0.39 is 0 Å². The number of aromatic nitrogens is 2. The van der Waals surface area contributed by atoms with Gasteiger partial charge in [0.15, 0.2) is 0 Å². The number of rotatable bonds is 2. The summed E-state index contributed by atoms with van der Waals surface area (Å²) in [4.78, 5) is 8.28. The van der Waals surface area contributed by atoms with Gasteiger partial charge in [-0.2, -0.15) is 0 Å². The molecule has 1 saturated carbocycles. The molecule has 0 radical (unpaired) electrons. The molecule has 1 aromatic heterocycles. The lowest BCUT2D eigenvalue weighted by atomic mass is 9.89. The molecule has 1 aromatic rings. The van der Waals surface area contributed by atoms with Crippen molar-refractivity contribution >= 4 is 17.4 Å². The van der Waals surface area contributed by atoms with Crippen LogP contribution in [0.15, 0.2) is 12.4 Å². The number of nitrogens with one attached hydrogen (secondary N) is 1. The maximum atomic E-state index is 6.02. The number of nitrogens with zero attached hydrogens (tertiary/aromatic N) is 2. The quantitative estimate of drug-likeness (QED) is 0.895. The van der Waals surface area contributed by atoms with Gasteiger partial charge in [0.1, 0.15) is 11.0 Å². The van der Waals surface area contributed by atoms with Crippen molar-refractivity contribution < 1.29 is 4.74 Å². The van der Waals surface area contributed by atoms with Gasteiger partial charge < -0.3 is 10.1 Å². The summed E-state index contributed by atoms with van der Waals surface area (Å²) in [6, 6.07) is 0.421. The summed E-state index contributed by atoms with van der Waals surface area (Å²) in [6.45, 7) is 0.839. The molecule has 1 aliphatic heterocycles. The molecule has 18 heavy (non-hydrogen) atoms. The maximum Gasteiger partial charge on any atom is 0.149 e. The summed E-state index contributed by atoms with van der Waals surface area (Å²) in [5, 5.41) is 3.87. The first kappa shape index (κ1) is 12.2. The molecule has 1 aliphatic carbocycles. The minimum atomic E-state index is 0.127. The van der Waals surface area contributed by atoms with E-state index >= 15 is 0 Å². The van der Waals surface area contributed by atoms with Crippen molar-refractivity contribution in [3.05, 3.63) is 17.5 Å². The molecule has 1 unspecified atom stereocenters. The van der Waals surface area contributed by atoms with Crippen molar-refractivity contribution in [1.82, 2.24) is 9.97 Å². The molecule has 0 bridgehead atoms. The Balaban J connectivity index is 1.66. The van der Waals surface area contributed by atoms with E-state index in [0.29, 0.717) is 11.2 Å². The van der Waals surface area contributed by atoms with Crippen LogP contribution in [0.5, 0.6) is 0 Å². The fourth-order valence-electron chi connectivity index (χ4n) is 3.14. The highest BCUT2D eigenvalue weighted by Crippen LogP contribution is 2.40. The topological polar surface area (TPSA) is 47.0 Å². The van der Waals surface area contributed by atoms with E-state index in [2.05, 4.69) is 15.3 Å². The first-order chi connectivity index (χ1) is 8.76. The molecule has 1 saturated heterocycles. The van der Waals surface area contributed by atoms with Crippen LogP contribution in [-0.4, -0.2) is 28.2 Å². The van der Waals surface area contributed by atoms with E-state index in [1.165, 1.54) is 25.7 Å². The summed E-state index contributed by atoms with van der Waals surface area (Å²) in [5.41, 5.74) is 0.127. The lowest BCUT2D eigenvalue weighted by molar-refractivity contribution is -0.0767. The fraction of sp³-hybridized carbons (Fsp3) is 0.692. The highest BCUT2D eigenvalue weighted by molar-refractivity contribution is 6.29. The van der Waals surface area contributed by atoms with Gasteiger partial charge in [0, 0.05) is 12.6 Å². The van der Waals surface area contributed by atoms with Crippen LogP contribution in [0.3, 0.4) is 0 Å². The highest BCUT2D eigenvalue weighted by atomic mass is 35.5. The number of halogens is 1. The summed E-state index contributed by atoms with van der Waals surface area (Å²) in [5.74, 6) is 0.766. The second-order valence-corrected chi connectivity index (χ2v) is 5.69. The van der Waals surface area contributed by atoms with Crippen molar-refractivity contribution in [3.63, 3.8) is 0 Å². The Bertz CT molecular complexity index is 420. The van der Waals surface area contributed by atoms with Crippen LogP contribution in [0.25, 0.3) is 0 Å². The average Bonchev–Trinajstić information content (AvgIpc) is 2.77. The van der Waals surface area contributed by atoms with Gasteiger partial charge in [-0.3, -0.25) is 4.98 Å². The number of hydrogen-bond donors (Lipinski definition) is 1. The molecule has 0 aromatic carbocycles. The highest BCUT2D eigenvalue weighted by Gasteiger charge is 2.39. The lowest BCUT2D eigenvalue weighted by Crippen LogP contribution is -2.42. The molecule has 98 valence electrons. The third-order valence-corrected chi connectivity index (χ3v) is 4.15. The van der Waals surface area contributed by atoms with Crippen LogP contribution in [-0.2, 0) is 4.74 Å². The Hall–Kier alpha value is -0.870. The molecular formula is C13H18ClN3O. The molecule has 0 amide bonds. The molecule has 4 nitrogen and oxygen atoms in total. The van der Waals surface area contributed by atoms with Crippen LogP contribution in [0, 0.1) is 0 Å². The number of hydrogen-bond acceptors (Lipinski definition) is 4. The molecule has 5 heteroatoms. The van der Waals surface area contributed by atoms with Crippen molar-refractivity contribution in [2.75, 3.05) is 11.9 Å². The number of anilines is 1. The van der Waals surface area contributed by atoms with Crippen LogP contribution < -0.4 is 5.32 Å². The summed E-state index contributed by atoms with van der Waals surface area (Å²) in [6.07, 6.45) is 10.4. The monoisotopic (exact) mass is 267 g/mol. The fourth-order valence-corrected chi connectivity index (χ4v) is 3.29. The van der Waals surface area contributed by atoms with Gasteiger partial charge in [-0.25, -0.2) is 4.98 Å². The molecule has 2 aliphatic rings. The Labute approximate surface area is 112 Å². The normalized spacial score (nSPS) is 26.4. The lowest BCUT2D eigenvalue weighted by Gasteiger charge is -2.38. The zero-order chi connectivity index (χ0) is 12.4. The van der Waals surface area contributed by atoms with Crippen molar-refractivity contribution in [1.29, 1.82) is 0 Å². The third-order valence-electron chi connectivity index (χ3n) is 3.96. The third kappa shape index (κ3) is 2.59. The SMILES string of the molecule is Clc1cncc(NC2CCOC3(CCCC3)C2)n1. The zero-order valence-corrected chi connectivity index (χ0v) is 11.1. The first-order valence-corrected chi connectivity index (χ1v) is 7.02. The Morgan fingerprint density at radius 2 is 2.17 bits per heavy atom. The standard InChI is InChI=1S/C13H18ClN3O/c14-11-8-15-9-12(17-11)16-10-3-6-18-13(7-10)4-1-2-5-13/h8-10H,1-7H2,(H,16,17). The summed E-state index contributed by atoms with van der Waals surface area (Å²) >= 11 is 5.84. The van der Waals surface area contributed by atoms with E-state index in [1.54, 1.807) is 12.4 Å². The predicted molar refractivity (Wildman–Crippen MR) is 70.8 cm³/mol. The van der Waals surface area contributed by atoms with Crippen LogP contribution in [0.2, 0.25) is 5.15 Å². The smallest absolute Gasteiger partial charge is 0.149 e. The van der Waals surface area contributed by atoms with Crippen molar-refractivity contribution in [2.45, 2.75) is 50.2 Å². The summed E-state index contributed by atoms with van der Waals surface area (Å²) < 4.78 is 6.02. The van der Waals surface area contributed by atoms with Gasteiger partial charge in [0.25, 0.3) is 0 Å². The average molecular weight is 268 g/mol. The first-order valence-electron chi connectivity index (χ1n) is 6.64. The second-order valence-electron chi connectivity index (χ2n) is 5.30. The largest absolute Gasteiger partial charge is 0.375 e. The molecule has 1 N–H and O–H groups in total. The van der Waals surface area contributed by atoms with Gasteiger partial charge in [-0.1, -0.05) is 24.4 Å². The van der Waals surface area contributed by atoms with Gasteiger partial charge in [-0.15, -0.1) is 0 Å². The van der Waals surface area contributed by atoms with Gasteiger partial charge >= 0.3 is 0 Å². The van der Waals surface area contributed by atoms with E-state index in [9.17, 15) is 0 Å². The molecule has 1 spiro atoms. The molecule has 2 heterocycles. The minimum Gasteiger partial charge on any atom is -0.375 e. The Kier molecular flexibility index (Phi) is 3.39. The molecule has 3 rings (SSSR count). The van der Waals surface area contributed by atoms with E-state index in [4.69, 9.17) is 16.3 Å². The van der Waals surface area contributed by atoms with Crippen molar-refractivity contribution in [3.8, 4) is 0 Å². The van der Waals surface area contributed by atoms with E-state index in [1.807, 2.05) is 0 Å². The zero-order valence-electron chi connectivity index (χ0n) is 10.4. The predicted octanol–water partition coefficient (Wildman–Crippen LogP) is 3.03. The molecular weight excluding hydrogens is 250 g/mol. The second kappa shape index (κ2) is 5.02. The van der Waals surface area contributed by atoms with Crippen LogP contribution in [0.1, 0.15) is 38.5 Å². The van der Waals surface area contributed by atoms with E-state index in [-0.39, 0.29) is 5.60 Å².